The Morgan fingerprint density at radius 2 is 1.94 bits per heavy atom. The summed E-state index contributed by atoms with van der Waals surface area (Å²) in [7, 11) is 2.12. The number of nitrogens with two attached hydrogens (primary N) is 1. The maximum atomic E-state index is 6.30. The number of likely N-dealkylation sites (N-methyl/N-ethyl adjacent to an activating group) is 1. The Morgan fingerprint density at radius 3 is 2.47 bits per heavy atom. The van der Waals surface area contributed by atoms with Crippen LogP contribution in [-0.4, -0.2) is 19.1 Å². The van der Waals surface area contributed by atoms with E-state index >= 15 is 0 Å². The highest BCUT2D eigenvalue weighted by atomic mass is 15.1. The number of rotatable bonds is 5. The second kappa shape index (κ2) is 5.54. The molecule has 96 valence electrons. The molecule has 0 aromatic heterocycles. The average Bonchev–Trinajstić information content (AvgIpc) is 2.15. The van der Waals surface area contributed by atoms with Crippen LogP contribution in [0.4, 0.5) is 5.69 Å². The van der Waals surface area contributed by atoms with Crippen LogP contribution < -0.4 is 10.6 Å². The molecular formula is C15H26N2. The first kappa shape index (κ1) is 14.0. The molecule has 0 spiro atoms. The maximum absolute atomic E-state index is 6.30. The lowest BCUT2D eigenvalue weighted by atomic mass is 9.96. The molecule has 0 fully saturated rings. The highest BCUT2D eigenvalue weighted by Gasteiger charge is 2.20. The fourth-order valence-corrected chi connectivity index (χ4v) is 2.51. The summed E-state index contributed by atoms with van der Waals surface area (Å²) in [5.41, 5.74) is 10.1. The van der Waals surface area contributed by atoms with Gasteiger partial charge in [-0.3, -0.25) is 0 Å². The van der Waals surface area contributed by atoms with E-state index in [0.29, 0.717) is 0 Å². The summed E-state index contributed by atoms with van der Waals surface area (Å²) in [6, 6.07) is 6.57. The molecular weight excluding hydrogens is 208 g/mol. The van der Waals surface area contributed by atoms with E-state index in [0.717, 1.165) is 19.4 Å². The van der Waals surface area contributed by atoms with Crippen molar-refractivity contribution in [1.82, 2.24) is 0 Å². The van der Waals surface area contributed by atoms with Crippen LogP contribution in [0.2, 0.25) is 0 Å². The van der Waals surface area contributed by atoms with Crippen LogP contribution in [0.15, 0.2) is 18.2 Å². The number of nitrogens with zero attached hydrogens (tertiary/aromatic N) is 1. The van der Waals surface area contributed by atoms with E-state index in [1.165, 1.54) is 16.8 Å². The van der Waals surface area contributed by atoms with Gasteiger partial charge < -0.3 is 10.6 Å². The third kappa shape index (κ3) is 4.04. The van der Waals surface area contributed by atoms with Crippen molar-refractivity contribution in [2.75, 3.05) is 18.5 Å². The summed E-state index contributed by atoms with van der Waals surface area (Å²) in [5.74, 6) is 0. The number of aryl methyl sites for hydroxylation is 2. The van der Waals surface area contributed by atoms with Crippen LogP contribution in [0.3, 0.4) is 0 Å². The molecule has 0 heterocycles. The number of hydrogen-bond donors (Lipinski definition) is 1. The van der Waals surface area contributed by atoms with E-state index in [1.807, 2.05) is 0 Å². The maximum Gasteiger partial charge on any atom is 0.0394 e. The van der Waals surface area contributed by atoms with Crippen molar-refractivity contribution in [3.05, 3.63) is 29.3 Å². The van der Waals surface area contributed by atoms with Gasteiger partial charge in [-0.25, -0.2) is 0 Å². The molecule has 1 aromatic carbocycles. The largest absolute Gasteiger partial charge is 0.373 e. The van der Waals surface area contributed by atoms with E-state index in [-0.39, 0.29) is 5.54 Å². The minimum atomic E-state index is -0.110. The zero-order valence-electron chi connectivity index (χ0n) is 11.9. The molecule has 0 amide bonds. The lowest BCUT2D eigenvalue weighted by molar-refractivity contribution is 0.430. The smallest absolute Gasteiger partial charge is 0.0394 e. The average molecular weight is 234 g/mol. The monoisotopic (exact) mass is 234 g/mol. The van der Waals surface area contributed by atoms with E-state index in [2.05, 4.69) is 57.8 Å². The Kier molecular flexibility index (Phi) is 4.58. The predicted octanol–water partition coefficient (Wildman–Crippen LogP) is 3.26. The fraction of sp³-hybridized carbons (Fsp3) is 0.600. The van der Waals surface area contributed by atoms with Gasteiger partial charge in [-0.1, -0.05) is 31.0 Å². The molecule has 0 saturated carbocycles. The summed E-state index contributed by atoms with van der Waals surface area (Å²) < 4.78 is 0. The minimum absolute atomic E-state index is 0.110. The van der Waals surface area contributed by atoms with Gasteiger partial charge in [0.1, 0.15) is 0 Å². The van der Waals surface area contributed by atoms with E-state index in [9.17, 15) is 0 Å². The first-order chi connectivity index (χ1) is 7.85. The zero-order chi connectivity index (χ0) is 13.1. The molecule has 2 N–H and O–H groups in total. The van der Waals surface area contributed by atoms with Crippen LogP contribution in [0.5, 0.6) is 0 Å². The Hall–Kier alpha value is -1.02. The van der Waals surface area contributed by atoms with Crippen molar-refractivity contribution in [3.63, 3.8) is 0 Å². The summed E-state index contributed by atoms with van der Waals surface area (Å²) >= 11 is 0. The Labute approximate surface area is 106 Å². The molecule has 1 atom stereocenters. The second-order valence-electron chi connectivity index (χ2n) is 5.55. The van der Waals surface area contributed by atoms with Gasteiger partial charge in [0.15, 0.2) is 0 Å². The van der Waals surface area contributed by atoms with E-state index in [4.69, 9.17) is 5.73 Å². The van der Waals surface area contributed by atoms with E-state index in [1.54, 1.807) is 0 Å². The highest BCUT2D eigenvalue weighted by Crippen LogP contribution is 2.22. The van der Waals surface area contributed by atoms with Gasteiger partial charge in [0.05, 0.1) is 0 Å². The normalized spacial score (nSPS) is 14.5. The second-order valence-corrected chi connectivity index (χ2v) is 5.55. The first-order valence-electron chi connectivity index (χ1n) is 6.43. The van der Waals surface area contributed by atoms with Crippen LogP contribution in [-0.2, 0) is 0 Å². The van der Waals surface area contributed by atoms with Gasteiger partial charge in [0, 0.05) is 24.8 Å². The Morgan fingerprint density at radius 1 is 1.29 bits per heavy atom. The molecule has 0 aliphatic rings. The van der Waals surface area contributed by atoms with Crippen molar-refractivity contribution in [2.45, 2.75) is 46.1 Å². The molecule has 0 bridgehead atoms. The number of hydrogen-bond acceptors (Lipinski definition) is 2. The summed E-state index contributed by atoms with van der Waals surface area (Å²) in [4.78, 5) is 2.27. The van der Waals surface area contributed by atoms with E-state index < -0.39 is 0 Å². The standard InChI is InChI=1S/C15H26N2/c1-6-9-15(4,16)11-17(5)14-8-7-12(2)10-13(14)3/h7-8,10H,6,9,11,16H2,1-5H3. The van der Waals surface area contributed by atoms with Crippen molar-refractivity contribution >= 4 is 5.69 Å². The number of benzene rings is 1. The summed E-state index contributed by atoms with van der Waals surface area (Å²) in [6.07, 6.45) is 2.19. The molecule has 0 saturated heterocycles. The molecule has 0 aliphatic heterocycles. The zero-order valence-corrected chi connectivity index (χ0v) is 11.9. The Balaban J connectivity index is 2.79. The van der Waals surface area contributed by atoms with Gasteiger partial charge in [0.2, 0.25) is 0 Å². The topological polar surface area (TPSA) is 29.3 Å². The van der Waals surface area contributed by atoms with Crippen LogP contribution in [0, 0.1) is 13.8 Å². The molecule has 17 heavy (non-hydrogen) atoms. The quantitative estimate of drug-likeness (QED) is 0.847. The summed E-state index contributed by atoms with van der Waals surface area (Å²) in [6.45, 7) is 9.50. The fourth-order valence-electron chi connectivity index (χ4n) is 2.51. The predicted molar refractivity (Wildman–Crippen MR) is 76.7 cm³/mol. The lowest BCUT2D eigenvalue weighted by Crippen LogP contribution is -2.46. The van der Waals surface area contributed by atoms with Crippen LogP contribution in [0.25, 0.3) is 0 Å². The SMILES string of the molecule is CCCC(C)(N)CN(C)c1ccc(C)cc1C. The molecule has 1 aromatic rings. The van der Waals surface area contributed by atoms with Gasteiger partial charge in [0.25, 0.3) is 0 Å². The minimum Gasteiger partial charge on any atom is -0.373 e. The third-order valence-corrected chi connectivity index (χ3v) is 3.18. The van der Waals surface area contributed by atoms with Crippen LogP contribution in [0.1, 0.15) is 37.8 Å². The molecule has 1 rings (SSSR count). The molecule has 0 radical (unpaired) electrons. The molecule has 1 unspecified atom stereocenters. The van der Waals surface area contributed by atoms with Crippen LogP contribution >= 0.6 is 0 Å². The molecule has 2 heteroatoms. The van der Waals surface area contributed by atoms with Gasteiger partial charge >= 0.3 is 0 Å². The van der Waals surface area contributed by atoms with Gasteiger partial charge in [-0.15, -0.1) is 0 Å². The molecule has 0 aliphatic carbocycles. The lowest BCUT2D eigenvalue weighted by Gasteiger charge is -2.32. The van der Waals surface area contributed by atoms with Gasteiger partial charge in [-0.2, -0.15) is 0 Å². The molecule has 2 nitrogen and oxygen atoms in total. The van der Waals surface area contributed by atoms with Crippen molar-refractivity contribution < 1.29 is 0 Å². The van der Waals surface area contributed by atoms with Crippen molar-refractivity contribution in [2.24, 2.45) is 5.73 Å². The summed E-state index contributed by atoms with van der Waals surface area (Å²) in [5, 5.41) is 0. The number of anilines is 1. The van der Waals surface area contributed by atoms with Crippen molar-refractivity contribution in [3.8, 4) is 0 Å². The van der Waals surface area contributed by atoms with Gasteiger partial charge in [-0.05, 0) is 38.8 Å². The first-order valence-corrected chi connectivity index (χ1v) is 6.43. The van der Waals surface area contributed by atoms with Crippen molar-refractivity contribution in [1.29, 1.82) is 0 Å². The third-order valence-electron chi connectivity index (χ3n) is 3.18. The highest BCUT2D eigenvalue weighted by molar-refractivity contribution is 5.54. The Bertz CT molecular complexity index is 369.